The molecule has 1 aliphatic carbocycles. The monoisotopic (exact) mass is 918 g/mol. The Bertz CT molecular complexity index is 2840. The highest BCUT2D eigenvalue weighted by Crippen LogP contribution is 2.44. The first kappa shape index (κ1) is 43.9. The van der Waals surface area contributed by atoms with Gasteiger partial charge in [-0.2, -0.15) is 0 Å². The molecule has 5 aromatic rings. The third-order valence-corrected chi connectivity index (χ3v) is 13.8. The third kappa shape index (κ3) is 10.2. The summed E-state index contributed by atoms with van der Waals surface area (Å²) in [6.45, 7) is 8.18. The van der Waals surface area contributed by atoms with Crippen molar-refractivity contribution in [2.24, 2.45) is 5.41 Å². The van der Waals surface area contributed by atoms with Crippen molar-refractivity contribution in [3.05, 3.63) is 111 Å². The summed E-state index contributed by atoms with van der Waals surface area (Å²) in [5.41, 5.74) is 4.76. The van der Waals surface area contributed by atoms with Crippen molar-refractivity contribution in [1.29, 1.82) is 0 Å². The van der Waals surface area contributed by atoms with Crippen LogP contribution in [0.2, 0.25) is 5.02 Å². The van der Waals surface area contributed by atoms with E-state index in [0.29, 0.717) is 29.5 Å². The number of hydrogen-bond donors (Lipinski definition) is 4. The second-order valence-corrected chi connectivity index (χ2v) is 20.8. The van der Waals surface area contributed by atoms with Gasteiger partial charge in [-0.3, -0.25) is 19.8 Å². The van der Waals surface area contributed by atoms with Gasteiger partial charge in [0.05, 0.1) is 33.9 Å². The lowest BCUT2D eigenvalue weighted by atomic mass is 9.72. The van der Waals surface area contributed by atoms with Crippen molar-refractivity contribution in [2.75, 3.05) is 62.3 Å². The second-order valence-electron chi connectivity index (χ2n) is 16.8. The fraction of sp³-hybridized carbons (Fsp3) is 0.349. The molecule has 1 saturated heterocycles. The van der Waals surface area contributed by atoms with Crippen LogP contribution in [0.3, 0.4) is 0 Å². The van der Waals surface area contributed by atoms with Crippen LogP contribution in [-0.4, -0.2) is 101 Å². The second kappa shape index (κ2) is 17.4. The third-order valence-electron chi connectivity index (χ3n) is 11.5. The van der Waals surface area contributed by atoms with Crippen LogP contribution in [0, 0.1) is 15.5 Å². The molecular formula is C43H47ClN8O9S2. The molecule has 17 nitrogen and oxygen atoms in total. The molecule has 4 N–H and O–H groups in total. The Hall–Kier alpha value is -5.73. The predicted octanol–water partition coefficient (Wildman–Crippen LogP) is 6.54. The number of halogens is 1. The lowest BCUT2D eigenvalue weighted by Gasteiger charge is -2.39. The molecule has 3 aliphatic rings. The highest BCUT2D eigenvalue weighted by Gasteiger charge is 2.33. The first-order chi connectivity index (χ1) is 29.9. The number of nitrogens with one attached hydrogen (secondary N) is 4. The summed E-state index contributed by atoms with van der Waals surface area (Å²) in [5, 5.41) is 16.5. The highest BCUT2D eigenvalue weighted by molar-refractivity contribution is 7.90. The molecule has 63 heavy (non-hydrogen) atoms. The topological polar surface area (TPSA) is 218 Å². The zero-order chi connectivity index (χ0) is 44.7. The molecular weight excluding hydrogens is 872 g/mol. The fourth-order valence-corrected chi connectivity index (χ4v) is 9.78. The molecule has 0 saturated carbocycles. The maximum atomic E-state index is 14.0. The van der Waals surface area contributed by atoms with E-state index in [-0.39, 0.29) is 41.3 Å². The molecule has 4 heterocycles. The van der Waals surface area contributed by atoms with Crippen LogP contribution in [0.4, 0.5) is 17.1 Å². The number of ether oxygens (including phenoxy) is 2. The van der Waals surface area contributed by atoms with Crippen molar-refractivity contribution in [3.63, 3.8) is 0 Å². The number of benzene rings is 3. The number of piperazine rings is 1. The van der Waals surface area contributed by atoms with Crippen LogP contribution >= 0.6 is 11.6 Å². The minimum Gasteiger partial charge on any atom is -0.489 e. The van der Waals surface area contributed by atoms with Gasteiger partial charge in [-0.25, -0.2) is 31.3 Å². The van der Waals surface area contributed by atoms with Crippen molar-refractivity contribution in [1.82, 2.24) is 24.3 Å². The molecule has 1 fully saturated rings. The Labute approximate surface area is 370 Å². The van der Waals surface area contributed by atoms with Gasteiger partial charge in [-0.05, 0) is 72.2 Å². The van der Waals surface area contributed by atoms with E-state index in [0.717, 1.165) is 68.4 Å². The predicted molar refractivity (Wildman–Crippen MR) is 241 cm³/mol. The standard InChI is InChI=1S/C43H47ClN8O9S2/c1-43(2)12-10-29(36(22-43)27-4-6-30(44)7-5-27)25-50-14-16-51(17-15-50)32-8-9-35(38(19-32)61-33-18-28-11-13-45-41(28)46-24-33)42(53)49-63(58,59)34-20-37(52(54)55)40-39(21-34)60-26-31(48-40)23-47-62(3,56)57/h4-9,11,13,18-21,24,31,47-48H,10,12,14-17,22-23,25-26H2,1-3H3,(H,45,46)(H,49,53)/t31-/m1/s1. The summed E-state index contributed by atoms with van der Waals surface area (Å²) < 4.78 is 67.1. The lowest BCUT2D eigenvalue weighted by Crippen LogP contribution is -2.47. The summed E-state index contributed by atoms with van der Waals surface area (Å²) in [7, 11) is -8.30. The molecule has 8 rings (SSSR count). The van der Waals surface area contributed by atoms with E-state index in [9.17, 15) is 31.7 Å². The van der Waals surface area contributed by atoms with E-state index in [2.05, 4.69) is 60.5 Å². The van der Waals surface area contributed by atoms with Gasteiger partial charge in [0.2, 0.25) is 10.0 Å². The Morgan fingerprint density at radius 1 is 1.05 bits per heavy atom. The molecule has 2 aromatic heterocycles. The van der Waals surface area contributed by atoms with Crippen LogP contribution in [0.25, 0.3) is 16.6 Å². The van der Waals surface area contributed by atoms with Gasteiger partial charge in [-0.15, -0.1) is 0 Å². The average molecular weight is 919 g/mol. The van der Waals surface area contributed by atoms with Gasteiger partial charge in [0.15, 0.2) is 11.4 Å². The normalized spacial score (nSPS) is 18.0. The SMILES string of the molecule is CC1(C)CCC(CN2CCN(c3ccc(C(=O)NS(=O)(=O)c4cc5c(c([N+](=O)[O-])c4)N[C@H](CNS(C)(=O)=O)CO5)c(Oc4cnc5[nH]ccc5c4)c3)CC2)=C(c2ccc(Cl)cc2)C1. The molecule has 0 radical (unpaired) electrons. The van der Waals surface area contributed by atoms with Crippen LogP contribution in [0.15, 0.2) is 89.6 Å². The molecule has 332 valence electrons. The van der Waals surface area contributed by atoms with Crippen molar-refractivity contribution >= 4 is 71.2 Å². The number of allylic oxidation sites excluding steroid dienone is 1. The number of H-pyrrole nitrogens is 1. The molecule has 0 unspecified atom stereocenters. The Morgan fingerprint density at radius 2 is 1.81 bits per heavy atom. The zero-order valence-electron chi connectivity index (χ0n) is 34.8. The first-order valence-corrected chi connectivity index (χ1v) is 24.1. The number of anilines is 2. The summed E-state index contributed by atoms with van der Waals surface area (Å²) in [6.07, 6.45) is 7.33. The van der Waals surface area contributed by atoms with E-state index in [4.69, 9.17) is 21.1 Å². The molecule has 2 aliphatic heterocycles. The lowest BCUT2D eigenvalue weighted by molar-refractivity contribution is -0.384. The quantitative estimate of drug-likeness (QED) is 0.0729. The Kier molecular flexibility index (Phi) is 12.2. The summed E-state index contributed by atoms with van der Waals surface area (Å²) in [6, 6.07) is 17.8. The molecule has 0 bridgehead atoms. The number of pyridine rings is 1. The van der Waals surface area contributed by atoms with E-state index in [1.807, 2.05) is 18.2 Å². The van der Waals surface area contributed by atoms with Crippen LogP contribution in [-0.2, 0) is 20.0 Å². The number of nitro groups is 1. The molecule has 0 spiro atoms. The summed E-state index contributed by atoms with van der Waals surface area (Å²) >= 11 is 6.23. The largest absolute Gasteiger partial charge is 0.489 e. The van der Waals surface area contributed by atoms with Gasteiger partial charge in [0, 0.05) is 79.8 Å². The van der Waals surface area contributed by atoms with Gasteiger partial charge in [-0.1, -0.05) is 43.2 Å². The molecule has 3 aromatic carbocycles. The molecule has 1 amide bonds. The number of sulfonamides is 2. The maximum Gasteiger partial charge on any atom is 0.297 e. The summed E-state index contributed by atoms with van der Waals surface area (Å²) in [4.78, 5) is 36.8. The number of aromatic amines is 1. The Morgan fingerprint density at radius 3 is 2.54 bits per heavy atom. The number of fused-ring (bicyclic) bond motifs is 2. The Balaban J connectivity index is 1.02. The van der Waals surface area contributed by atoms with E-state index < -0.39 is 47.5 Å². The van der Waals surface area contributed by atoms with Crippen molar-refractivity contribution < 1.29 is 36.0 Å². The first-order valence-electron chi connectivity index (χ1n) is 20.3. The van der Waals surface area contributed by atoms with E-state index in [1.54, 1.807) is 24.4 Å². The average Bonchev–Trinajstić information content (AvgIpc) is 3.71. The number of amides is 1. The highest BCUT2D eigenvalue weighted by atomic mass is 35.5. The van der Waals surface area contributed by atoms with Crippen LogP contribution in [0.1, 0.15) is 49.0 Å². The van der Waals surface area contributed by atoms with E-state index in [1.165, 1.54) is 29.0 Å². The number of carbonyl (C=O) groups is 1. The minimum atomic E-state index is -4.73. The van der Waals surface area contributed by atoms with E-state index >= 15 is 0 Å². The summed E-state index contributed by atoms with van der Waals surface area (Å²) in [5.74, 6) is -0.819. The van der Waals surface area contributed by atoms with Crippen molar-refractivity contribution in [3.8, 4) is 17.2 Å². The number of aromatic nitrogens is 2. The molecule has 1 atom stereocenters. The van der Waals surface area contributed by atoms with Gasteiger partial charge in [0.25, 0.3) is 21.6 Å². The number of hydrogen-bond acceptors (Lipinski definition) is 13. The number of rotatable bonds is 13. The maximum absolute atomic E-state index is 14.0. The van der Waals surface area contributed by atoms with Gasteiger partial charge < -0.3 is 24.7 Å². The fourth-order valence-electron chi connectivity index (χ4n) is 8.15. The number of nitrogens with zero attached hydrogens (tertiary/aromatic N) is 4. The van der Waals surface area contributed by atoms with Crippen molar-refractivity contribution in [2.45, 2.75) is 44.0 Å². The smallest absolute Gasteiger partial charge is 0.297 e. The van der Waals surface area contributed by atoms with Crippen LogP contribution < -0.4 is 29.1 Å². The van der Waals surface area contributed by atoms with Gasteiger partial charge >= 0.3 is 0 Å². The molecule has 20 heteroatoms. The minimum absolute atomic E-state index is 0.0691. The number of carbonyl (C=O) groups excluding carboxylic acids is 1. The van der Waals surface area contributed by atoms with Crippen LogP contribution in [0.5, 0.6) is 17.2 Å². The van der Waals surface area contributed by atoms with Gasteiger partial charge in [0.1, 0.15) is 23.8 Å². The number of nitro benzene ring substituents is 1. The zero-order valence-corrected chi connectivity index (χ0v) is 37.2.